The smallest absolute Gasteiger partial charge is 0.123 e. The summed E-state index contributed by atoms with van der Waals surface area (Å²) in [5.41, 5.74) is 3.30. The SMILES string of the molecule is Fc1ccc(N2CCN(Cn3ccc(-c4ccsc4)n3)CC2)cc1. The van der Waals surface area contributed by atoms with Gasteiger partial charge in [0.25, 0.3) is 0 Å². The fourth-order valence-electron chi connectivity index (χ4n) is 3.01. The van der Waals surface area contributed by atoms with Crippen molar-refractivity contribution in [2.45, 2.75) is 6.67 Å². The van der Waals surface area contributed by atoms with Crippen LogP contribution in [0.3, 0.4) is 0 Å². The molecule has 0 saturated carbocycles. The van der Waals surface area contributed by atoms with E-state index in [9.17, 15) is 4.39 Å². The van der Waals surface area contributed by atoms with Gasteiger partial charge >= 0.3 is 0 Å². The lowest BCUT2D eigenvalue weighted by Gasteiger charge is -2.35. The zero-order valence-electron chi connectivity index (χ0n) is 13.3. The van der Waals surface area contributed by atoms with Gasteiger partial charge in [-0.05, 0) is 41.8 Å². The van der Waals surface area contributed by atoms with Gasteiger partial charge in [0.2, 0.25) is 0 Å². The molecule has 2 aromatic heterocycles. The number of hydrogen-bond donors (Lipinski definition) is 0. The molecule has 3 heterocycles. The standard InChI is InChI=1S/C18H19FN4S/c19-16-1-3-17(4-2-16)22-10-8-21(9-11-22)14-23-7-5-18(20-23)15-6-12-24-13-15/h1-7,12-13H,8-11,14H2. The van der Waals surface area contributed by atoms with Gasteiger partial charge in [-0.2, -0.15) is 16.4 Å². The van der Waals surface area contributed by atoms with Crippen LogP contribution in [-0.2, 0) is 6.67 Å². The Kier molecular flexibility index (Phi) is 4.32. The largest absolute Gasteiger partial charge is 0.369 e. The molecule has 0 radical (unpaired) electrons. The van der Waals surface area contributed by atoms with Crippen molar-refractivity contribution in [2.75, 3.05) is 31.1 Å². The lowest BCUT2D eigenvalue weighted by molar-refractivity contribution is 0.196. The van der Waals surface area contributed by atoms with E-state index in [2.05, 4.69) is 37.8 Å². The van der Waals surface area contributed by atoms with Crippen molar-refractivity contribution in [1.82, 2.24) is 14.7 Å². The van der Waals surface area contributed by atoms with E-state index in [1.165, 1.54) is 17.7 Å². The van der Waals surface area contributed by atoms with Crippen LogP contribution in [0.5, 0.6) is 0 Å². The number of benzene rings is 1. The van der Waals surface area contributed by atoms with Crippen molar-refractivity contribution in [2.24, 2.45) is 0 Å². The monoisotopic (exact) mass is 342 g/mol. The molecule has 1 aromatic carbocycles. The Morgan fingerprint density at radius 2 is 1.79 bits per heavy atom. The van der Waals surface area contributed by atoms with E-state index < -0.39 is 0 Å². The average Bonchev–Trinajstić information content (AvgIpc) is 3.28. The summed E-state index contributed by atoms with van der Waals surface area (Å²) in [5, 5.41) is 8.85. The van der Waals surface area contributed by atoms with E-state index in [1.54, 1.807) is 11.3 Å². The summed E-state index contributed by atoms with van der Waals surface area (Å²) in [6.45, 7) is 4.66. The first-order valence-corrected chi connectivity index (χ1v) is 9.01. The number of nitrogens with zero attached hydrogens (tertiary/aromatic N) is 4. The molecule has 1 fully saturated rings. The minimum atomic E-state index is -0.183. The van der Waals surface area contributed by atoms with E-state index in [-0.39, 0.29) is 5.82 Å². The first-order chi connectivity index (χ1) is 11.8. The number of rotatable bonds is 4. The molecular formula is C18H19FN4S. The van der Waals surface area contributed by atoms with Crippen LogP contribution in [0, 0.1) is 5.82 Å². The highest BCUT2D eigenvalue weighted by Crippen LogP contribution is 2.20. The molecule has 0 bridgehead atoms. The molecule has 1 aliphatic heterocycles. The third kappa shape index (κ3) is 3.34. The van der Waals surface area contributed by atoms with Crippen LogP contribution in [0.25, 0.3) is 11.3 Å². The van der Waals surface area contributed by atoms with E-state index in [4.69, 9.17) is 0 Å². The van der Waals surface area contributed by atoms with Crippen LogP contribution in [-0.4, -0.2) is 40.9 Å². The highest BCUT2D eigenvalue weighted by molar-refractivity contribution is 7.08. The maximum atomic E-state index is 13.0. The van der Waals surface area contributed by atoms with Gasteiger partial charge < -0.3 is 4.90 Å². The third-order valence-electron chi connectivity index (χ3n) is 4.37. The molecular weight excluding hydrogens is 323 g/mol. The highest BCUT2D eigenvalue weighted by atomic mass is 32.1. The molecule has 1 aliphatic rings. The Labute approximate surface area is 144 Å². The van der Waals surface area contributed by atoms with Crippen molar-refractivity contribution in [3.63, 3.8) is 0 Å². The molecule has 0 N–H and O–H groups in total. The summed E-state index contributed by atoms with van der Waals surface area (Å²) in [4.78, 5) is 4.69. The van der Waals surface area contributed by atoms with Gasteiger partial charge in [0.1, 0.15) is 5.82 Å². The molecule has 4 rings (SSSR count). The van der Waals surface area contributed by atoms with E-state index in [0.717, 1.165) is 44.2 Å². The van der Waals surface area contributed by atoms with Gasteiger partial charge in [0.05, 0.1) is 12.4 Å². The van der Waals surface area contributed by atoms with Crippen LogP contribution in [0.1, 0.15) is 0 Å². The third-order valence-corrected chi connectivity index (χ3v) is 5.05. The minimum absolute atomic E-state index is 0.183. The second kappa shape index (κ2) is 6.75. The normalized spacial score (nSPS) is 15.8. The molecule has 1 saturated heterocycles. The van der Waals surface area contributed by atoms with E-state index in [0.29, 0.717) is 0 Å². The topological polar surface area (TPSA) is 24.3 Å². The summed E-state index contributed by atoms with van der Waals surface area (Å²) < 4.78 is 15.0. The van der Waals surface area contributed by atoms with Crippen LogP contribution in [0.2, 0.25) is 0 Å². The molecule has 4 nitrogen and oxygen atoms in total. The van der Waals surface area contributed by atoms with Gasteiger partial charge in [-0.3, -0.25) is 9.58 Å². The number of thiophene rings is 1. The molecule has 124 valence electrons. The minimum Gasteiger partial charge on any atom is -0.369 e. The molecule has 0 unspecified atom stereocenters. The summed E-state index contributed by atoms with van der Waals surface area (Å²) in [6.07, 6.45) is 2.04. The van der Waals surface area contributed by atoms with Crippen molar-refractivity contribution in [3.8, 4) is 11.3 Å². The number of piperazine rings is 1. The van der Waals surface area contributed by atoms with Gasteiger partial charge in [-0.25, -0.2) is 4.39 Å². The van der Waals surface area contributed by atoms with Crippen LogP contribution in [0.15, 0.2) is 53.4 Å². The van der Waals surface area contributed by atoms with Crippen LogP contribution in [0.4, 0.5) is 10.1 Å². The Morgan fingerprint density at radius 1 is 1.00 bits per heavy atom. The number of aromatic nitrogens is 2. The molecule has 24 heavy (non-hydrogen) atoms. The summed E-state index contributed by atoms with van der Waals surface area (Å²) in [7, 11) is 0. The maximum Gasteiger partial charge on any atom is 0.123 e. The molecule has 6 heteroatoms. The van der Waals surface area contributed by atoms with Gasteiger partial charge in [-0.15, -0.1) is 0 Å². The first-order valence-electron chi connectivity index (χ1n) is 8.07. The quantitative estimate of drug-likeness (QED) is 0.725. The van der Waals surface area contributed by atoms with E-state index in [1.807, 2.05) is 23.0 Å². The number of halogens is 1. The highest BCUT2D eigenvalue weighted by Gasteiger charge is 2.17. The summed E-state index contributed by atoms with van der Waals surface area (Å²) in [5.74, 6) is -0.183. The van der Waals surface area contributed by atoms with Gasteiger partial charge in [0, 0.05) is 49.0 Å². The second-order valence-electron chi connectivity index (χ2n) is 5.98. The number of anilines is 1. The van der Waals surface area contributed by atoms with Gasteiger partial charge in [0.15, 0.2) is 0 Å². The molecule has 3 aromatic rings. The Morgan fingerprint density at radius 3 is 2.50 bits per heavy atom. The maximum absolute atomic E-state index is 13.0. The second-order valence-corrected chi connectivity index (χ2v) is 6.76. The molecule has 0 atom stereocenters. The zero-order valence-corrected chi connectivity index (χ0v) is 14.1. The molecule has 0 amide bonds. The molecule has 0 aliphatic carbocycles. The lowest BCUT2D eigenvalue weighted by Crippen LogP contribution is -2.46. The summed E-state index contributed by atoms with van der Waals surface area (Å²) in [6, 6.07) is 10.9. The predicted octanol–water partition coefficient (Wildman–Crippen LogP) is 3.53. The van der Waals surface area contributed by atoms with Crippen molar-refractivity contribution in [3.05, 3.63) is 59.2 Å². The van der Waals surface area contributed by atoms with E-state index >= 15 is 0 Å². The Hall–Kier alpha value is -2.18. The van der Waals surface area contributed by atoms with Crippen molar-refractivity contribution >= 4 is 17.0 Å². The Balaban J connectivity index is 1.34. The van der Waals surface area contributed by atoms with Crippen LogP contribution >= 0.6 is 11.3 Å². The molecule has 0 spiro atoms. The van der Waals surface area contributed by atoms with Gasteiger partial charge in [-0.1, -0.05) is 0 Å². The first kappa shape index (κ1) is 15.4. The van der Waals surface area contributed by atoms with Crippen LogP contribution < -0.4 is 4.90 Å². The summed E-state index contributed by atoms with van der Waals surface area (Å²) >= 11 is 1.69. The Bertz CT molecular complexity index is 774. The average molecular weight is 342 g/mol. The van der Waals surface area contributed by atoms with Crippen molar-refractivity contribution < 1.29 is 4.39 Å². The fraction of sp³-hybridized carbons (Fsp3) is 0.278. The fourth-order valence-corrected chi connectivity index (χ4v) is 3.66. The zero-order chi connectivity index (χ0) is 16.4. The predicted molar refractivity (Wildman–Crippen MR) is 95.7 cm³/mol. The van der Waals surface area contributed by atoms with Crippen molar-refractivity contribution in [1.29, 1.82) is 0 Å². The number of hydrogen-bond acceptors (Lipinski definition) is 4. The lowest BCUT2D eigenvalue weighted by atomic mass is 10.2.